The van der Waals surface area contributed by atoms with E-state index in [4.69, 9.17) is 0 Å². The minimum Gasteiger partial charge on any atom is -0.339 e. The molecule has 1 saturated heterocycles. The van der Waals surface area contributed by atoms with Gasteiger partial charge in [-0.15, -0.1) is 0 Å². The molecule has 0 unspecified atom stereocenters. The van der Waals surface area contributed by atoms with Crippen molar-refractivity contribution in [3.63, 3.8) is 0 Å². The first-order chi connectivity index (χ1) is 11.2. The minimum absolute atomic E-state index is 0.0713. The molecule has 2 heterocycles. The van der Waals surface area contributed by atoms with Crippen LogP contribution >= 0.6 is 11.8 Å². The Bertz CT molecular complexity index is 779. The smallest absolute Gasteiger partial charge is 0.233 e. The van der Waals surface area contributed by atoms with Gasteiger partial charge in [-0.05, 0) is 25.5 Å². The lowest BCUT2D eigenvalue weighted by atomic mass is 10.1. The third-order valence-corrected chi connectivity index (χ3v) is 6.08. The number of nitrogens with zero attached hydrogens (tertiary/aromatic N) is 4. The lowest BCUT2D eigenvalue weighted by molar-refractivity contribution is -0.129. The zero-order valence-electron chi connectivity index (χ0n) is 13.9. The molecule has 0 aromatic carbocycles. The molecule has 0 radical (unpaired) electrons. The molecule has 0 aliphatic carbocycles. The Morgan fingerprint density at radius 2 is 1.96 bits per heavy atom. The van der Waals surface area contributed by atoms with E-state index in [1.807, 2.05) is 19.9 Å². The summed E-state index contributed by atoms with van der Waals surface area (Å²) < 4.78 is 24.4. The molecule has 2 rings (SSSR count). The summed E-state index contributed by atoms with van der Waals surface area (Å²) in [7, 11) is -3.20. The number of nitriles is 1. The van der Waals surface area contributed by atoms with Crippen LogP contribution in [0.3, 0.4) is 0 Å². The van der Waals surface area contributed by atoms with Crippen molar-refractivity contribution in [1.29, 1.82) is 5.26 Å². The van der Waals surface area contributed by atoms with Crippen LogP contribution in [0.1, 0.15) is 16.8 Å². The Kier molecular flexibility index (Phi) is 5.85. The number of pyridine rings is 1. The molecular formula is C15H20N4O3S2. The van der Waals surface area contributed by atoms with E-state index < -0.39 is 10.0 Å². The van der Waals surface area contributed by atoms with Gasteiger partial charge in [0, 0.05) is 31.9 Å². The van der Waals surface area contributed by atoms with Gasteiger partial charge in [0.2, 0.25) is 15.9 Å². The highest BCUT2D eigenvalue weighted by atomic mass is 32.2. The minimum atomic E-state index is -3.20. The molecule has 7 nitrogen and oxygen atoms in total. The zero-order chi connectivity index (χ0) is 17.9. The van der Waals surface area contributed by atoms with Gasteiger partial charge in [-0.1, -0.05) is 11.8 Å². The number of carbonyl (C=O) groups excluding carboxylic acids is 1. The van der Waals surface area contributed by atoms with Crippen LogP contribution in [-0.2, 0) is 14.8 Å². The number of thioether (sulfide) groups is 1. The summed E-state index contributed by atoms with van der Waals surface area (Å²) >= 11 is 1.25. The quantitative estimate of drug-likeness (QED) is 0.729. The number of hydrogen-bond donors (Lipinski definition) is 0. The maximum atomic E-state index is 12.3. The van der Waals surface area contributed by atoms with E-state index in [0.29, 0.717) is 36.8 Å². The molecule has 0 spiro atoms. The van der Waals surface area contributed by atoms with Crippen LogP contribution in [0.4, 0.5) is 0 Å². The molecule has 1 fully saturated rings. The number of piperazine rings is 1. The lowest BCUT2D eigenvalue weighted by Crippen LogP contribution is -2.50. The number of amides is 1. The van der Waals surface area contributed by atoms with Gasteiger partial charge >= 0.3 is 0 Å². The first kappa shape index (κ1) is 18.7. The average Bonchev–Trinajstić information content (AvgIpc) is 2.51. The summed E-state index contributed by atoms with van der Waals surface area (Å²) in [5, 5.41) is 9.82. The Morgan fingerprint density at radius 1 is 1.33 bits per heavy atom. The molecule has 1 aromatic rings. The molecule has 24 heavy (non-hydrogen) atoms. The standard InChI is InChI=1S/C15H20N4O3S2/c1-11-8-12(2)17-15(13(11)9-16)23-10-14(20)18-4-6-19(7-5-18)24(3,21)22/h8H,4-7,10H2,1-3H3. The van der Waals surface area contributed by atoms with Crippen molar-refractivity contribution in [1.82, 2.24) is 14.2 Å². The highest BCUT2D eigenvalue weighted by Crippen LogP contribution is 2.24. The average molecular weight is 368 g/mol. The van der Waals surface area contributed by atoms with Gasteiger partial charge in [0.1, 0.15) is 11.1 Å². The summed E-state index contributed by atoms with van der Waals surface area (Å²) in [4.78, 5) is 18.3. The molecule has 1 amide bonds. The van der Waals surface area contributed by atoms with Crippen LogP contribution in [0.15, 0.2) is 11.1 Å². The SMILES string of the molecule is Cc1cc(C)c(C#N)c(SCC(=O)N2CCN(S(C)(=O)=O)CC2)n1. The third kappa shape index (κ3) is 4.47. The summed E-state index contributed by atoms with van der Waals surface area (Å²) in [6.45, 7) is 5.12. The van der Waals surface area contributed by atoms with Crippen molar-refractivity contribution < 1.29 is 13.2 Å². The number of sulfonamides is 1. The highest BCUT2D eigenvalue weighted by molar-refractivity contribution is 8.00. The van der Waals surface area contributed by atoms with Gasteiger partial charge in [0.05, 0.1) is 17.6 Å². The van der Waals surface area contributed by atoms with Gasteiger partial charge in [0.25, 0.3) is 0 Å². The van der Waals surface area contributed by atoms with E-state index in [9.17, 15) is 18.5 Å². The van der Waals surface area contributed by atoms with Gasteiger partial charge in [0.15, 0.2) is 0 Å². The van der Waals surface area contributed by atoms with E-state index in [-0.39, 0.29) is 11.7 Å². The molecule has 130 valence electrons. The van der Waals surface area contributed by atoms with Crippen molar-refractivity contribution in [2.45, 2.75) is 18.9 Å². The second-order valence-electron chi connectivity index (χ2n) is 5.70. The van der Waals surface area contributed by atoms with Crippen molar-refractivity contribution in [2.24, 2.45) is 0 Å². The first-order valence-electron chi connectivity index (χ1n) is 7.46. The normalized spacial score (nSPS) is 16.0. The molecule has 9 heteroatoms. The van der Waals surface area contributed by atoms with Crippen LogP contribution in [0.5, 0.6) is 0 Å². The second-order valence-corrected chi connectivity index (χ2v) is 8.65. The van der Waals surface area contributed by atoms with Crippen LogP contribution in [-0.4, -0.2) is 66.7 Å². The Labute approximate surface area is 146 Å². The maximum Gasteiger partial charge on any atom is 0.233 e. The Balaban J connectivity index is 1.97. The summed E-state index contributed by atoms with van der Waals surface area (Å²) in [5.74, 6) is 0.113. The molecule has 0 atom stereocenters. The predicted octanol–water partition coefficient (Wildman–Crippen LogP) is 0.766. The van der Waals surface area contributed by atoms with Gasteiger partial charge in [-0.3, -0.25) is 4.79 Å². The van der Waals surface area contributed by atoms with Gasteiger partial charge in [-0.2, -0.15) is 9.57 Å². The monoisotopic (exact) mass is 368 g/mol. The summed E-state index contributed by atoms with van der Waals surface area (Å²) in [6, 6.07) is 3.98. The second kappa shape index (κ2) is 7.51. The van der Waals surface area contributed by atoms with Crippen LogP contribution < -0.4 is 0 Å². The van der Waals surface area contributed by atoms with Gasteiger partial charge in [-0.25, -0.2) is 13.4 Å². The van der Waals surface area contributed by atoms with E-state index in [1.54, 1.807) is 4.90 Å². The van der Waals surface area contributed by atoms with E-state index in [2.05, 4.69) is 11.1 Å². The number of rotatable bonds is 4. The molecule has 1 aliphatic heterocycles. The Hall–Kier alpha value is -1.63. The summed E-state index contributed by atoms with van der Waals surface area (Å²) in [5.41, 5.74) is 2.16. The van der Waals surface area contributed by atoms with Gasteiger partial charge < -0.3 is 4.90 Å². The number of carbonyl (C=O) groups is 1. The number of aryl methyl sites for hydroxylation is 2. The third-order valence-electron chi connectivity index (χ3n) is 3.82. The van der Waals surface area contributed by atoms with Crippen LogP contribution in [0.25, 0.3) is 0 Å². The van der Waals surface area contributed by atoms with Crippen molar-refractivity contribution in [2.75, 3.05) is 38.2 Å². The van der Waals surface area contributed by atoms with Crippen molar-refractivity contribution in [3.05, 3.63) is 22.9 Å². The molecule has 0 bridgehead atoms. The maximum absolute atomic E-state index is 12.3. The predicted molar refractivity (Wildman–Crippen MR) is 92.1 cm³/mol. The lowest BCUT2D eigenvalue weighted by Gasteiger charge is -2.33. The number of aromatic nitrogens is 1. The summed E-state index contributed by atoms with van der Waals surface area (Å²) in [6.07, 6.45) is 1.18. The fraction of sp³-hybridized carbons (Fsp3) is 0.533. The molecular weight excluding hydrogens is 348 g/mol. The van der Waals surface area contributed by atoms with Crippen molar-refractivity contribution >= 4 is 27.7 Å². The number of hydrogen-bond acceptors (Lipinski definition) is 6. The highest BCUT2D eigenvalue weighted by Gasteiger charge is 2.26. The molecule has 1 aromatic heterocycles. The fourth-order valence-electron chi connectivity index (χ4n) is 2.53. The van der Waals surface area contributed by atoms with E-state index >= 15 is 0 Å². The van der Waals surface area contributed by atoms with Crippen molar-refractivity contribution in [3.8, 4) is 6.07 Å². The largest absolute Gasteiger partial charge is 0.339 e. The van der Waals surface area contributed by atoms with E-state index in [1.165, 1.54) is 22.3 Å². The van der Waals surface area contributed by atoms with E-state index in [0.717, 1.165) is 11.3 Å². The molecule has 0 N–H and O–H groups in total. The topological polar surface area (TPSA) is 94.4 Å². The fourth-order valence-corrected chi connectivity index (χ4v) is 4.36. The first-order valence-corrected chi connectivity index (χ1v) is 10.3. The molecule has 1 aliphatic rings. The zero-order valence-corrected chi connectivity index (χ0v) is 15.6. The van der Waals surface area contributed by atoms with Crippen LogP contribution in [0.2, 0.25) is 0 Å². The Morgan fingerprint density at radius 3 is 2.50 bits per heavy atom. The van der Waals surface area contributed by atoms with Crippen LogP contribution in [0, 0.1) is 25.2 Å². The molecule has 0 saturated carbocycles.